The largest absolute Gasteiger partial charge is 0.394 e. The SMILES string of the molecule is CCCCCC1(CCCCCC(=O)NC(C)(C)CO)OCC(C)(C)N1[O]. The Morgan fingerprint density at radius 1 is 1.15 bits per heavy atom. The van der Waals surface area contributed by atoms with Gasteiger partial charge in [-0.15, -0.1) is 10.3 Å². The molecular weight excluding hydrogens is 332 g/mol. The summed E-state index contributed by atoms with van der Waals surface area (Å²) in [7, 11) is 0. The van der Waals surface area contributed by atoms with Gasteiger partial charge in [-0.25, -0.2) is 0 Å². The minimum Gasteiger partial charge on any atom is -0.394 e. The summed E-state index contributed by atoms with van der Waals surface area (Å²) in [6, 6.07) is 0. The fourth-order valence-corrected chi connectivity index (χ4v) is 3.45. The van der Waals surface area contributed by atoms with Crippen LogP contribution in [0.4, 0.5) is 0 Å². The number of amides is 1. The van der Waals surface area contributed by atoms with Gasteiger partial charge in [0.2, 0.25) is 5.91 Å². The summed E-state index contributed by atoms with van der Waals surface area (Å²) >= 11 is 0. The molecule has 0 spiro atoms. The molecule has 0 aliphatic carbocycles. The van der Waals surface area contributed by atoms with Crippen molar-refractivity contribution in [1.29, 1.82) is 0 Å². The van der Waals surface area contributed by atoms with E-state index in [1.54, 1.807) is 13.8 Å². The average Bonchev–Trinajstić information content (AvgIpc) is 2.79. The Hall–Kier alpha value is -0.690. The van der Waals surface area contributed by atoms with Crippen LogP contribution in [-0.2, 0) is 14.7 Å². The van der Waals surface area contributed by atoms with E-state index in [0.29, 0.717) is 19.4 Å². The van der Waals surface area contributed by atoms with Gasteiger partial charge in [-0.2, -0.15) is 0 Å². The maximum atomic E-state index is 12.8. The molecule has 0 saturated carbocycles. The minimum absolute atomic E-state index is 0.0367. The number of carbonyl (C=O) groups is 1. The minimum atomic E-state index is -0.695. The third-order valence-electron chi connectivity index (χ3n) is 5.13. The lowest BCUT2D eigenvalue weighted by atomic mass is 9.95. The highest BCUT2D eigenvalue weighted by atomic mass is 16.6. The first-order valence-corrected chi connectivity index (χ1v) is 10.1. The summed E-state index contributed by atoms with van der Waals surface area (Å²) < 4.78 is 6.03. The Morgan fingerprint density at radius 2 is 1.77 bits per heavy atom. The molecule has 1 rings (SSSR count). The van der Waals surface area contributed by atoms with Crippen LogP contribution in [0.5, 0.6) is 0 Å². The molecule has 0 aromatic rings. The molecular formula is C20H39N2O4. The monoisotopic (exact) mass is 371 g/mol. The number of rotatable bonds is 12. The molecule has 0 bridgehead atoms. The lowest BCUT2D eigenvalue weighted by molar-refractivity contribution is -0.296. The third kappa shape index (κ3) is 6.80. The lowest BCUT2D eigenvalue weighted by Gasteiger charge is -2.35. The van der Waals surface area contributed by atoms with E-state index in [-0.39, 0.29) is 12.5 Å². The number of hydroxylamine groups is 2. The first-order valence-electron chi connectivity index (χ1n) is 10.1. The molecule has 1 fully saturated rings. The number of hydrogen-bond acceptors (Lipinski definition) is 4. The smallest absolute Gasteiger partial charge is 0.220 e. The predicted octanol–water partition coefficient (Wildman–Crippen LogP) is 3.56. The molecule has 6 heteroatoms. The highest BCUT2D eigenvalue weighted by Crippen LogP contribution is 2.40. The van der Waals surface area contributed by atoms with E-state index >= 15 is 0 Å². The summed E-state index contributed by atoms with van der Waals surface area (Å²) in [6.45, 7) is 10.0. The van der Waals surface area contributed by atoms with Crippen molar-refractivity contribution >= 4 is 5.91 Å². The molecule has 2 N–H and O–H groups in total. The molecule has 1 heterocycles. The third-order valence-corrected chi connectivity index (χ3v) is 5.13. The van der Waals surface area contributed by atoms with Crippen LogP contribution in [0.15, 0.2) is 0 Å². The fourth-order valence-electron chi connectivity index (χ4n) is 3.45. The van der Waals surface area contributed by atoms with Gasteiger partial charge in [0, 0.05) is 6.42 Å². The number of nitrogens with zero attached hydrogens (tertiary/aromatic N) is 1. The van der Waals surface area contributed by atoms with Crippen molar-refractivity contribution in [1.82, 2.24) is 10.4 Å². The summed E-state index contributed by atoms with van der Waals surface area (Å²) in [4.78, 5) is 11.9. The van der Waals surface area contributed by atoms with Crippen LogP contribution in [0.1, 0.15) is 92.4 Å². The van der Waals surface area contributed by atoms with Gasteiger partial charge < -0.3 is 15.2 Å². The van der Waals surface area contributed by atoms with Gasteiger partial charge in [-0.05, 0) is 59.8 Å². The maximum absolute atomic E-state index is 12.8. The van der Waals surface area contributed by atoms with Crippen LogP contribution in [0.3, 0.4) is 0 Å². The number of hydrogen-bond donors (Lipinski definition) is 2. The summed E-state index contributed by atoms with van der Waals surface area (Å²) in [5.74, 6) is -0.0367. The van der Waals surface area contributed by atoms with E-state index in [2.05, 4.69) is 12.2 Å². The molecule has 6 nitrogen and oxygen atoms in total. The standard InChI is InChI=1S/C20H39N2O4/c1-6-7-10-13-20(22(25)19(4,5)16-26-20)14-11-8-9-12-17(24)21-18(2,3)15-23/h23H,6-16H2,1-5H3,(H,21,24). The molecule has 1 aliphatic rings. The molecule has 26 heavy (non-hydrogen) atoms. The van der Waals surface area contributed by atoms with E-state index in [1.807, 2.05) is 13.8 Å². The van der Waals surface area contributed by atoms with Crippen LogP contribution in [-0.4, -0.2) is 46.1 Å². The lowest BCUT2D eigenvalue weighted by Crippen LogP contribution is -2.49. The first kappa shape index (κ1) is 23.3. The molecule has 1 atom stereocenters. The highest BCUT2D eigenvalue weighted by Gasteiger charge is 2.51. The van der Waals surface area contributed by atoms with Gasteiger partial charge in [0.05, 0.1) is 24.3 Å². The van der Waals surface area contributed by atoms with Crippen LogP contribution in [0.2, 0.25) is 0 Å². The van der Waals surface area contributed by atoms with Gasteiger partial charge in [0.25, 0.3) is 0 Å². The normalized spacial score (nSPS) is 23.3. The summed E-state index contributed by atoms with van der Waals surface area (Å²) in [5, 5.41) is 26.0. The van der Waals surface area contributed by atoms with Crippen LogP contribution in [0, 0.1) is 0 Å². The Labute approximate surface area is 159 Å². The molecule has 0 aromatic carbocycles. The van der Waals surface area contributed by atoms with E-state index in [9.17, 15) is 15.1 Å². The van der Waals surface area contributed by atoms with Gasteiger partial charge in [-0.1, -0.05) is 26.2 Å². The zero-order valence-corrected chi connectivity index (χ0v) is 17.4. The first-order chi connectivity index (χ1) is 12.1. The van der Waals surface area contributed by atoms with Crippen molar-refractivity contribution in [3.8, 4) is 0 Å². The fraction of sp³-hybridized carbons (Fsp3) is 0.950. The Morgan fingerprint density at radius 3 is 2.27 bits per heavy atom. The number of aliphatic hydroxyl groups is 1. The van der Waals surface area contributed by atoms with Gasteiger partial charge in [-0.3, -0.25) is 4.79 Å². The quantitative estimate of drug-likeness (QED) is 0.514. The summed E-state index contributed by atoms with van der Waals surface area (Å²) in [6.07, 6.45) is 7.71. The van der Waals surface area contributed by atoms with Crippen LogP contribution in [0.25, 0.3) is 0 Å². The van der Waals surface area contributed by atoms with E-state index < -0.39 is 16.8 Å². The molecule has 1 unspecified atom stereocenters. The molecule has 0 aromatic heterocycles. The van der Waals surface area contributed by atoms with Gasteiger partial charge >= 0.3 is 0 Å². The average molecular weight is 372 g/mol. The maximum Gasteiger partial charge on any atom is 0.220 e. The van der Waals surface area contributed by atoms with Crippen molar-refractivity contribution in [2.45, 2.75) is 109 Å². The van der Waals surface area contributed by atoms with Crippen molar-refractivity contribution in [2.24, 2.45) is 0 Å². The topological polar surface area (TPSA) is 81.7 Å². The number of nitrogens with one attached hydrogen (secondary N) is 1. The zero-order valence-electron chi connectivity index (χ0n) is 17.4. The number of unbranched alkanes of at least 4 members (excludes halogenated alkanes) is 4. The number of ether oxygens (including phenoxy) is 1. The summed E-state index contributed by atoms with van der Waals surface area (Å²) in [5.41, 5.74) is -1.74. The number of carbonyl (C=O) groups excluding carboxylic acids is 1. The second kappa shape index (κ2) is 10.0. The van der Waals surface area contributed by atoms with Crippen molar-refractivity contribution in [3.63, 3.8) is 0 Å². The second-order valence-corrected chi connectivity index (χ2v) is 8.95. The van der Waals surface area contributed by atoms with Crippen molar-refractivity contribution in [3.05, 3.63) is 0 Å². The molecule has 1 saturated heterocycles. The molecule has 1 radical (unpaired) electrons. The van der Waals surface area contributed by atoms with Gasteiger partial charge in [0.1, 0.15) is 5.72 Å². The zero-order chi connectivity index (χ0) is 19.8. The predicted molar refractivity (Wildman–Crippen MR) is 102 cm³/mol. The van der Waals surface area contributed by atoms with E-state index in [4.69, 9.17) is 4.74 Å². The van der Waals surface area contributed by atoms with Crippen LogP contribution >= 0.6 is 0 Å². The highest BCUT2D eigenvalue weighted by molar-refractivity contribution is 5.76. The Balaban J connectivity index is 2.42. The van der Waals surface area contributed by atoms with Gasteiger partial charge in [0.15, 0.2) is 0 Å². The Bertz CT molecular complexity index is 440. The molecule has 153 valence electrons. The van der Waals surface area contributed by atoms with E-state index in [1.165, 1.54) is 5.06 Å². The number of aliphatic hydroxyl groups excluding tert-OH is 1. The Kier molecular flexibility index (Phi) is 9.00. The van der Waals surface area contributed by atoms with E-state index in [0.717, 1.165) is 44.9 Å². The molecule has 1 aliphatic heterocycles. The van der Waals surface area contributed by atoms with Crippen molar-refractivity contribution < 1.29 is 19.8 Å². The van der Waals surface area contributed by atoms with Crippen molar-refractivity contribution in [2.75, 3.05) is 13.2 Å². The second-order valence-electron chi connectivity index (χ2n) is 8.95. The van der Waals surface area contributed by atoms with Crippen LogP contribution < -0.4 is 5.32 Å². The molecule has 1 amide bonds.